The smallest absolute Gasteiger partial charge is 0.240 e. The van der Waals surface area contributed by atoms with Crippen LogP contribution < -0.4 is 11.1 Å². The Hall–Kier alpha value is -1.41. The Bertz CT molecular complexity index is 689. The van der Waals surface area contributed by atoms with Gasteiger partial charge in [0.1, 0.15) is 11.6 Å². The molecule has 0 atom stereocenters. The SMILES string of the molecule is Cl.Cl.NC1(C(=O)NCCc2nc3ccc(F)cc3[nH]2)CCOCC1. The van der Waals surface area contributed by atoms with Gasteiger partial charge in [-0.3, -0.25) is 4.79 Å². The first-order valence-corrected chi connectivity index (χ1v) is 7.36. The first-order chi connectivity index (χ1) is 10.6. The second-order valence-corrected chi connectivity index (χ2v) is 5.62. The molecule has 0 saturated carbocycles. The quantitative estimate of drug-likeness (QED) is 0.754. The largest absolute Gasteiger partial charge is 0.381 e. The number of imidazole rings is 1. The van der Waals surface area contributed by atoms with Crippen LogP contribution in [-0.4, -0.2) is 41.2 Å². The molecule has 2 aromatic rings. The van der Waals surface area contributed by atoms with Crippen molar-refractivity contribution in [3.05, 3.63) is 29.8 Å². The van der Waals surface area contributed by atoms with Gasteiger partial charge in [-0.25, -0.2) is 9.37 Å². The number of nitrogens with one attached hydrogen (secondary N) is 2. The third kappa shape index (κ3) is 4.57. The molecule has 2 heterocycles. The van der Waals surface area contributed by atoms with Crippen molar-refractivity contribution in [2.24, 2.45) is 5.73 Å². The van der Waals surface area contributed by atoms with E-state index in [1.54, 1.807) is 6.07 Å². The lowest BCUT2D eigenvalue weighted by Gasteiger charge is -2.31. The Kier molecular flexibility index (Phi) is 7.41. The van der Waals surface area contributed by atoms with Crippen LogP contribution in [0.25, 0.3) is 11.0 Å². The predicted molar refractivity (Wildman–Crippen MR) is 94.2 cm³/mol. The number of aromatic nitrogens is 2. The molecule has 4 N–H and O–H groups in total. The normalized spacial score (nSPS) is 16.1. The highest BCUT2D eigenvalue weighted by atomic mass is 35.5. The number of rotatable bonds is 4. The number of hydrogen-bond donors (Lipinski definition) is 3. The molecule has 1 amide bonds. The van der Waals surface area contributed by atoms with Crippen LogP contribution in [-0.2, 0) is 16.0 Å². The molecule has 1 aromatic heterocycles. The maximum Gasteiger partial charge on any atom is 0.240 e. The summed E-state index contributed by atoms with van der Waals surface area (Å²) in [5, 5.41) is 2.84. The molecule has 134 valence electrons. The number of nitrogens with two attached hydrogens (primary N) is 1. The molecule has 0 spiro atoms. The van der Waals surface area contributed by atoms with Crippen LogP contribution in [0.1, 0.15) is 18.7 Å². The molecular formula is C15H21Cl2FN4O2. The van der Waals surface area contributed by atoms with Gasteiger partial charge in [-0.15, -0.1) is 24.8 Å². The van der Waals surface area contributed by atoms with Gasteiger partial charge >= 0.3 is 0 Å². The minimum Gasteiger partial charge on any atom is -0.381 e. The minimum atomic E-state index is -0.838. The molecule has 9 heteroatoms. The summed E-state index contributed by atoms with van der Waals surface area (Å²) in [7, 11) is 0. The van der Waals surface area contributed by atoms with Crippen molar-refractivity contribution in [3.63, 3.8) is 0 Å². The van der Waals surface area contributed by atoms with Gasteiger partial charge in [0.05, 0.1) is 16.6 Å². The molecule has 3 rings (SSSR count). The summed E-state index contributed by atoms with van der Waals surface area (Å²) in [6, 6.07) is 4.40. The van der Waals surface area contributed by atoms with Gasteiger partial charge in [-0.2, -0.15) is 0 Å². The highest BCUT2D eigenvalue weighted by molar-refractivity contribution is 5.86. The summed E-state index contributed by atoms with van der Waals surface area (Å²) in [4.78, 5) is 19.6. The molecule has 6 nitrogen and oxygen atoms in total. The predicted octanol–water partition coefficient (Wildman–Crippen LogP) is 1.71. The van der Waals surface area contributed by atoms with Crippen molar-refractivity contribution in [2.45, 2.75) is 24.8 Å². The topological polar surface area (TPSA) is 93.0 Å². The van der Waals surface area contributed by atoms with Gasteiger partial charge in [0.2, 0.25) is 5.91 Å². The number of ether oxygens (including phenoxy) is 1. The van der Waals surface area contributed by atoms with E-state index in [-0.39, 0.29) is 36.5 Å². The number of H-pyrrole nitrogens is 1. The van der Waals surface area contributed by atoms with Gasteiger partial charge in [0.15, 0.2) is 0 Å². The number of amides is 1. The summed E-state index contributed by atoms with van der Waals surface area (Å²) in [5.74, 6) is 0.248. The summed E-state index contributed by atoms with van der Waals surface area (Å²) in [5.41, 5.74) is 6.63. The number of carbonyl (C=O) groups is 1. The maximum atomic E-state index is 13.1. The molecule has 0 bridgehead atoms. The van der Waals surface area contributed by atoms with Gasteiger partial charge in [0, 0.05) is 26.2 Å². The number of nitrogens with zero attached hydrogens (tertiary/aromatic N) is 1. The molecule has 1 aromatic carbocycles. The maximum absolute atomic E-state index is 13.1. The van der Waals surface area contributed by atoms with Gasteiger partial charge in [-0.05, 0) is 31.0 Å². The first kappa shape index (κ1) is 20.6. The fraction of sp³-hybridized carbons (Fsp3) is 0.467. The summed E-state index contributed by atoms with van der Waals surface area (Å²) >= 11 is 0. The van der Waals surface area contributed by atoms with Gasteiger partial charge in [0.25, 0.3) is 0 Å². The van der Waals surface area contributed by atoms with Gasteiger partial charge < -0.3 is 20.8 Å². The third-order valence-corrected chi connectivity index (χ3v) is 3.98. The van der Waals surface area contributed by atoms with Crippen LogP contribution in [0.2, 0.25) is 0 Å². The van der Waals surface area contributed by atoms with E-state index in [9.17, 15) is 9.18 Å². The van der Waals surface area contributed by atoms with E-state index < -0.39 is 5.54 Å². The van der Waals surface area contributed by atoms with E-state index >= 15 is 0 Å². The van der Waals surface area contributed by atoms with E-state index in [4.69, 9.17) is 10.5 Å². The Balaban J connectivity index is 0.00000144. The number of hydrogen-bond acceptors (Lipinski definition) is 4. The monoisotopic (exact) mass is 378 g/mol. The lowest BCUT2D eigenvalue weighted by atomic mass is 9.90. The highest BCUT2D eigenvalue weighted by Gasteiger charge is 2.35. The summed E-state index contributed by atoms with van der Waals surface area (Å²) < 4.78 is 18.3. The molecule has 1 aliphatic rings. The Morgan fingerprint density at radius 2 is 2.08 bits per heavy atom. The van der Waals surface area contributed by atoms with Crippen LogP contribution in [0.4, 0.5) is 4.39 Å². The second kappa shape index (κ2) is 8.62. The van der Waals surface area contributed by atoms with E-state index in [0.717, 1.165) is 0 Å². The molecule has 1 aliphatic heterocycles. The molecule has 24 heavy (non-hydrogen) atoms. The fourth-order valence-corrected chi connectivity index (χ4v) is 2.59. The highest BCUT2D eigenvalue weighted by Crippen LogP contribution is 2.17. The average molecular weight is 379 g/mol. The van der Waals surface area contributed by atoms with Crippen molar-refractivity contribution in [2.75, 3.05) is 19.8 Å². The molecule has 0 unspecified atom stereocenters. The van der Waals surface area contributed by atoms with E-state index in [1.807, 2.05) is 0 Å². The zero-order chi connectivity index (χ0) is 15.6. The molecule has 0 radical (unpaired) electrons. The summed E-state index contributed by atoms with van der Waals surface area (Å²) in [6.07, 6.45) is 1.60. The number of benzene rings is 1. The molecule has 0 aliphatic carbocycles. The minimum absolute atomic E-state index is 0. The fourth-order valence-electron chi connectivity index (χ4n) is 2.59. The lowest BCUT2D eigenvalue weighted by molar-refractivity contribution is -0.129. The zero-order valence-corrected chi connectivity index (χ0v) is 14.6. The van der Waals surface area contributed by atoms with Crippen molar-refractivity contribution in [1.82, 2.24) is 15.3 Å². The van der Waals surface area contributed by atoms with Crippen LogP contribution in [0.15, 0.2) is 18.2 Å². The number of halogens is 3. The van der Waals surface area contributed by atoms with Crippen LogP contribution in [0.5, 0.6) is 0 Å². The average Bonchev–Trinajstić information content (AvgIpc) is 2.89. The number of aromatic amines is 1. The van der Waals surface area contributed by atoms with E-state index in [1.165, 1.54) is 12.1 Å². The molecule has 1 saturated heterocycles. The molecule has 1 fully saturated rings. The van der Waals surface area contributed by atoms with E-state index in [0.29, 0.717) is 55.9 Å². The van der Waals surface area contributed by atoms with Gasteiger partial charge in [-0.1, -0.05) is 0 Å². The van der Waals surface area contributed by atoms with Crippen molar-refractivity contribution in [3.8, 4) is 0 Å². The number of fused-ring (bicyclic) bond motifs is 1. The van der Waals surface area contributed by atoms with E-state index in [2.05, 4.69) is 15.3 Å². The first-order valence-electron chi connectivity index (χ1n) is 7.36. The Morgan fingerprint density at radius 1 is 1.38 bits per heavy atom. The lowest BCUT2D eigenvalue weighted by Crippen LogP contribution is -2.57. The van der Waals surface area contributed by atoms with Crippen molar-refractivity contribution < 1.29 is 13.9 Å². The Labute approximate surface area is 151 Å². The standard InChI is InChI=1S/C15H19FN4O2.2ClH/c16-10-1-2-11-12(9-10)20-13(19-11)3-6-18-14(21)15(17)4-7-22-8-5-15;;/h1-2,9H,3-8,17H2,(H,18,21)(H,19,20);2*1H. The Morgan fingerprint density at radius 3 is 2.79 bits per heavy atom. The zero-order valence-electron chi connectivity index (χ0n) is 13.0. The number of carbonyl (C=O) groups excluding carboxylic acids is 1. The van der Waals surface area contributed by atoms with Crippen molar-refractivity contribution in [1.29, 1.82) is 0 Å². The van der Waals surface area contributed by atoms with Crippen LogP contribution >= 0.6 is 24.8 Å². The molecular weight excluding hydrogens is 358 g/mol. The summed E-state index contributed by atoms with van der Waals surface area (Å²) in [6.45, 7) is 1.46. The third-order valence-electron chi connectivity index (χ3n) is 3.98. The van der Waals surface area contributed by atoms with Crippen molar-refractivity contribution >= 4 is 41.8 Å². The van der Waals surface area contributed by atoms with Crippen LogP contribution in [0.3, 0.4) is 0 Å². The second-order valence-electron chi connectivity index (χ2n) is 5.62. The van der Waals surface area contributed by atoms with Crippen LogP contribution in [0, 0.1) is 5.82 Å².